The molecule has 0 aromatic carbocycles. The largest absolute Gasteiger partial charge is 0.381 e. The first-order valence-corrected chi connectivity index (χ1v) is 5.86. The van der Waals surface area contributed by atoms with Crippen molar-refractivity contribution >= 4 is 28.8 Å². The van der Waals surface area contributed by atoms with E-state index in [1.807, 2.05) is 0 Å². The highest BCUT2D eigenvalue weighted by atomic mass is 35.5. The maximum atomic E-state index is 12.0. The fourth-order valence-corrected chi connectivity index (χ4v) is 2.03. The number of carbonyl (C=O) groups is 1. The van der Waals surface area contributed by atoms with E-state index in [0.29, 0.717) is 24.5 Å². The Labute approximate surface area is 107 Å². The molecule has 0 radical (unpaired) electrons. The quantitative estimate of drug-likeness (QED) is 0.812. The maximum Gasteiger partial charge on any atom is 0.230 e. The number of carbonyl (C=O) groups excluding carboxylic acids is 1. The van der Waals surface area contributed by atoms with Gasteiger partial charge in [0.25, 0.3) is 0 Å². The number of aromatic nitrogens is 4. The summed E-state index contributed by atoms with van der Waals surface area (Å²) < 4.78 is 6.68. The third-order valence-corrected chi connectivity index (χ3v) is 3.13. The van der Waals surface area contributed by atoms with E-state index in [0.717, 1.165) is 6.42 Å². The van der Waals surface area contributed by atoms with Crippen LogP contribution in [0.2, 0.25) is 5.28 Å². The van der Waals surface area contributed by atoms with Crippen LogP contribution in [-0.2, 0) is 9.53 Å². The third-order valence-electron chi connectivity index (χ3n) is 2.85. The van der Waals surface area contributed by atoms with Crippen molar-refractivity contribution in [3.05, 3.63) is 17.8 Å². The number of hydrogen-bond acceptors (Lipinski definition) is 5. The van der Waals surface area contributed by atoms with Crippen LogP contribution in [0.15, 0.2) is 12.5 Å². The Morgan fingerprint density at radius 2 is 2.50 bits per heavy atom. The Kier molecular flexibility index (Phi) is 2.85. The van der Waals surface area contributed by atoms with Gasteiger partial charge in [-0.2, -0.15) is 0 Å². The molecule has 0 aliphatic carbocycles. The minimum absolute atomic E-state index is 0.0958. The summed E-state index contributed by atoms with van der Waals surface area (Å²) in [6.07, 6.45) is 3.65. The number of hydrogen-bond donors (Lipinski definition) is 1. The molecule has 94 valence electrons. The molecule has 18 heavy (non-hydrogen) atoms. The molecule has 2 aromatic heterocycles. The molecule has 2 aromatic rings. The van der Waals surface area contributed by atoms with E-state index in [1.165, 1.54) is 16.9 Å². The van der Waals surface area contributed by atoms with Gasteiger partial charge in [-0.3, -0.25) is 9.20 Å². The Bertz CT molecular complexity index is 593. The third kappa shape index (κ3) is 1.91. The first-order chi connectivity index (χ1) is 8.75. The molecule has 1 amide bonds. The Morgan fingerprint density at radius 3 is 3.28 bits per heavy atom. The summed E-state index contributed by atoms with van der Waals surface area (Å²) in [5.41, 5.74) is 0.969. The first-order valence-electron chi connectivity index (χ1n) is 5.48. The molecule has 1 aliphatic heterocycles. The van der Waals surface area contributed by atoms with Crippen molar-refractivity contribution in [2.45, 2.75) is 6.42 Å². The van der Waals surface area contributed by atoms with Crippen LogP contribution in [0.5, 0.6) is 0 Å². The van der Waals surface area contributed by atoms with E-state index in [9.17, 15) is 4.79 Å². The molecule has 1 N–H and O–H groups in total. The summed E-state index contributed by atoms with van der Waals surface area (Å²) in [5, 5.41) is 10.7. The number of amides is 1. The van der Waals surface area contributed by atoms with Gasteiger partial charge in [0.15, 0.2) is 5.65 Å². The summed E-state index contributed by atoms with van der Waals surface area (Å²) in [6.45, 7) is 1.08. The number of rotatable bonds is 2. The Morgan fingerprint density at radius 1 is 1.61 bits per heavy atom. The van der Waals surface area contributed by atoms with E-state index in [-0.39, 0.29) is 17.1 Å². The molecule has 1 atom stereocenters. The number of fused-ring (bicyclic) bond motifs is 1. The molecule has 1 aliphatic rings. The molecular formula is C10H10ClN5O2. The molecule has 1 unspecified atom stereocenters. The average molecular weight is 268 g/mol. The second kappa shape index (κ2) is 4.51. The normalized spacial score (nSPS) is 19.3. The van der Waals surface area contributed by atoms with E-state index in [4.69, 9.17) is 16.3 Å². The lowest BCUT2D eigenvalue weighted by atomic mass is 10.1. The monoisotopic (exact) mass is 267 g/mol. The summed E-state index contributed by atoms with van der Waals surface area (Å²) in [4.78, 5) is 15.9. The highest BCUT2D eigenvalue weighted by molar-refractivity contribution is 6.28. The number of halogens is 1. The van der Waals surface area contributed by atoms with Crippen molar-refractivity contribution < 1.29 is 9.53 Å². The lowest BCUT2D eigenvalue weighted by Gasteiger charge is -2.09. The zero-order chi connectivity index (χ0) is 12.5. The first kappa shape index (κ1) is 11.4. The lowest BCUT2D eigenvalue weighted by Crippen LogP contribution is -2.23. The van der Waals surface area contributed by atoms with E-state index in [2.05, 4.69) is 20.5 Å². The summed E-state index contributed by atoms with van der Waals surface area (Å²) in [5.74, 6) is -0.217. The molecule has 1 saturated heterocycles. The van der Waals surface area contributed by atoms with Gasteiger partial charge in [-0.05, 0) is 18.0 Å². The van der Waals surface area contributed by atoms with Crippen molar-refractivity contribution in [1.82, 2.24) is 19.6 Å². The minimum atomic E-state index is -0.122. The van der Waals surface area contributed by atoms with Crippen molar-refractivity contribution in [3.8, 4) is 0 Å². The maximum absolute atomic E-state index is 12.0. The molecule has 0 spiro atoms. The standard InChI is InChI=1S/C10H10ClN5O2/c11-10-12-3-7(8-15-13-5-16(8)10)14-9(17)6-1-2-18-4-6/h3,5-6H,1-2,4H2,(H,14,17). The topological polar surface area (TPSA) is 81.4 Å². The zero-order valence-electron chi connectivity index (χ0n) is 9.34. The molecule has 1 fully saturated rings. The van der Waals surface area contributed by atoms with Gasteiger partial charge >= 0.3 is 0 Å². The SMILES string of the molecule is O=C(Nc1cnc(Cl)n2cnnc12)C1CCOC1. The predicted molar refractivity (Wildman–Crippen MR) is 63.3 cm³/mol. The molecule has 8 heteroatoms. The number of anilines is 1. The average Bonchev–Trinajstić information content (AvgIpc) is 3.01. The molecule has 3 rings (SSSR count). The van der Waals surface area contributed by atoms with Gasteiger partial charge in [0, 0.05) is 6.61 Å². The van der Waals surface area contributed by atoms with Gasteiger partial charge in [0.05, 0.1) is 18.7 Å². The van der Waals surface area contributed by atoms with Crippen LogP contribution in [0, 0.1) is 5.92 Å². The van der Waals surface area contributed by atoms with Gasteiger partial charge in [0.2, 0.25) is 11.2 Å². The van der Waals surface area contributed by atoms with Crippen LogP contribution in [0.4, 0.5) is 5.69 Å². The molecular weight excluding hydrogens is 258 g/mol. The van der Waals surface area contributed by atoms with Gasteiger partial charge in [-0.25, -0.2) is 4.98 Å². The van der Waals surface area contributed by atoms with Crippen molar-refractivity contribution in [3.63, 3.8) is 0 Å². The highest BCUT2D eigenvalue weighted by Gasteiger charge is 2.24. The zero-order valence-corrected chi connectivity index (χ0v) is 10.1. The van der Waals surface area contributed by atoms with Gasteiger partial charge in [-0.1, -0.05) is 0 Å². The van der Waals surface area contributed by atoms with Crippen LogP contribution in [-0.4, -0.2) is 38.7 Å². The van der Waals surface area contributed by atoms with E-state index < -0.39 is 0 Å². The Hall–Kier alpha value is -1.73. The number of nitrogens with one attached hydrogen (secondary N) is 1. The summed E-state index contributed by atoms with van der Waals surface area (Å²) in [7, 11) is 0. The second-order valence-corrected chi connectivity index (χ2v) is 4.35. The van der Waals surface area contributed by atoms with Crippen molar-refractivity contribution in [2.24, 2.45) is 5.92 Å². The Balaban J connectivity index is 1.88. The van der Waals surface area contributed by atoms with E-state index >= 15 is 0 Å². The molecule has 0 saturated carbocycles. The lowest BCUT2D eigenvalue weighted by molar-refractivity contribution is -0.119. The smallest absolute Gasteiger partial charge is 0.230 e. The van der Waals surface area contributed by atoms with Gasteiger partial charge in [-0.15, -0.1) is 10.2 Å². The van der Waals surface area contributed by atoms with Crippen molar-refractivity contribution in [2.75, 3.05) is 18.5 Å². The summed E-state index contributed by atoms with van der Waals surface area (Å²) >= 11 is 5.87. The van der Waals surface area contributed by atoms with Crippen LogP contribution < -0.4 is 5.32 Å². The molecule has 7 nitrogen and oxygen atoms in total. The van der Waals surface area contributed by atoms with Crippen molar-refractivity contribution in [1.29, 1.82) is 0 Å². The second-order valence-electron chi connectivity index (χ2n) is 4.02. The highest BCUT2D eigenvalue weighted by Crippen LogP contribution is 2.20. The van der Waals surface area contributed by atoms with Gasteiger partial charge < -0.3 is 10.1 Å². The summed E-state index contributed by atoms with van der Waals surface area (Å²) in [6, 6.07) is 0. The fraction of sp³-hybridized carbons (Fsp3) is 0.400. The van der Waals surface area contributed by atoms with Crippen LogP contribution in [0.3, 0.4) is 0 Å². The van der Waals surface area contributed by atoms with Crippen LogP contribution in [0.25, 0.3) is 5.65 Å². The minimum Gasteiger partial charge on any atom is -0.381 e. The fourth-order valence-electron chi connectivity index (χ4n) is 1.86. The van der Waals surface area contributed by atoms with E-state index in [1.54, 1.807) is 0 Å². The number of nitrogens with zero attached hydrogens (tertiary/aromatic N) is 4. The predicted octanol–water partition coefficient (Wildman–Crippen LogP) is 0.753. The van der Waals surface area contributed by atoms with Gasteiger partial charge in [0.1, 0.15) is 12.0 Å². The number of ether oxygens (including phenoxy) is 1. The van der Waals surface area contributed by atoms with Crippen LogP contribution in [0.1, 0.15) is 6.42 Å². The van der Waals surface area contributed by atoms with Crippen LogP contribution >= 0.6 is 11.6 Å². The molecule has 3 heterocycles. The molecule has 0 bridgehead atoms.